The summed E-state index contributed by atoms with van der Waals surface area (Å²) in [5.74, 6) is 1.07. The van der Waals surface area contributed by atoms with E-state index in [2.05, 4.69) is 9.97 Å². The third kappa shape index (κ3) is 1.93. The van der Waals surface area contributed by atoms with Crippen LogP contribution in [0.3, 0.4) is 0 Å². The molecule has 1 aliphatic rings. The molecule has 0 saturated carbocycles. The van der Waals surface area contributed by atoms with Crippen LogP contribution in [-0.4, -0.2) is 22.7 Å². The number of nitrogens with zero attached hydrogens (tertiary/aromatic N) is 2. The van der Waals surface area contributed by atoms with Crippen molar-refractivity contribution in [2.75, 3.05) is 18.1 Å². The lowest BCUT2D eigenvalue weighted by molar-refractivity contribution is 0.110. The molecule has 5 nitrogen and oxygen atoms in total. The fraction of sp³-hybridized carbons (Fsp3) is 0.556. The van der Waals surface area contributed by atoms with Gasteiger partial charge in [0.25, 0.3) is 0 Å². The molecule has 1 fully saturated rings. The number of hydrogen-bond acceptors (Lipinski definition) is 5. The molecular weight excluding hydrogens is 180 g/mol. The molecule has 0 aliphatic carbocycles. The van der Waals surface area contributed by atoms with Gasteiger partial charge in [-0.1, -0.05) is 0 Å². The maximum absolute atomic E-state index is 5.58. The Bertz CT molecular complexity index is 323. The van der Waals surface area contributed by atoms with Crippen LogP contribution in [0.5, 0.6) is 0 Å². The molecule has 76 valence electrons. The van der Waals surface area contributed by atoms with Crippen molar-refractivity contribution < 1.29 is 4.74 Å². The van der Waals surface area contributed by atoms with Crippen molar-refractivity contribution in [3.8, 4) is 0 Å². The largest absolute Gasteiger partial charge is 0.394 e. The lowest BCUT2D eigenvalue weighted by Crippen LogP contribution is -2.13. The molecule has 2 heterocycles. The molecular formula is C9H14N4O. The van der Waals surface area contributed by atoms with Crippen LogP contribution in [0.1, 0.15) is 18.7 Å². The lowest BCUT2D eigenvalue weighted by atomic mass is 10.2. The van der Waals surface area contributed by atoms with Crippen LogP contribution in [0.25, 0.3) is 0 Å². The molecule has 0 radical (unpaired) electrons. The number of nitrogen functional groups attached to an aromatic ring is 2. The first-order chi connectivity index (χ1) is 6.75. The standard InChI is InChI=1S/C9H14N4O/c10-7-5-12-8(13-9(7)11)4-6-2-1-3-14-6/h5-6H,1-4,10H2,(H2,11,12,13). The Balaban J connectivity index is 2.05. The number of anilines is 2. The van der Waals surface area contributed by atoms with Crippen LogP contribution in [0.15, 0.2) is 6.20 Å². The number of rotatable bonds is 2. The first kappa shape index (κ1) is 9.21. The number of nitrogens with two attached hydrogens (primary N) is 2. The van der Waals surface area contributed by atoms with E-state index in [1.165, 1.54) is 0 Å². The average molecular weight is 194 g/mol. The zero-order valence-corrected chi connectivity index (χ0v) is 7.94. The fourth-order valence-corrected chi connectivity index (χ4v) is 1.55. The van der Waals surface area contributed by atoms with Gasteiger partial charge >= 0.3 is 0 Å². The average Bonchev–Trinajstić information content (AvgIpc) is 2.64. The van der Waals surface area contributed by atoms with Gasteiger partial charge < -0.3 is 16.2 Å². The van der Waals surface area contributed by atoms with E-state index in [1.807, 2.05) is 0 Å². The van der Waals surface area contributed by atoms with Crippen molar-refractivity contribution in [3.05, 3.63) is 12.0 Å². The molecule has 1 saturated heterocycles. The maximum atomic E-state index is 5.58. The molecule has 0 spiro atoms. The molecule has 2 rings (SSSR count). The highest BCUT2D eigenvalue weighted by Crippen LogP contribution is 2.16. The highest BCUT2D eigenvalue weighted by molar-refractivity contribution is 5.55. The van der Waals surface area contributed by atoms with Gasteiger partial charge in [-0.2, -0.15) is 0 Å². The van der Waals surface area contributed by atoms with Gasteiger partial charge in [0.15, 0.2) is 0 Å². The predicted octanol–water partition coefficient (Wildman–Crippen LogP) is 0.362. The van der Waals surface area contributed by atoms with Gasteiger partial charge in [-0.25, -0.2) is 9.97 Å². The Morgan fingerprint density at radius 2 is 2.36 bits per heavy atom. The molecule has 1 unspecified atom stereocenters. The summed E-state index contributed by atoms with van der Waals surface area (Å²) in [6.07, 6.45) is 4.72. The summed E-state index contributed by atoms with van der Waals surface area (Å²) >= 11 is 0. The van der Waals surface area contributed by atoms with Crippen LogP contribution >= 0.6 is 0 Å². The zero-order chi connectivity index (χ0) is 9.97. The van der Waals surface area contributed by atoms with Gasteiger partial charge in [-0.05, 0) is 12.8 Å². The fourth-order valence-electron chi connectivity index (χ4n) is 1.55. The first-order valence-corrected chi connectivity index (χ1v) is 4.74. The lowest BCUT2D eigenvalue weighted by Gasteiger charge is -2.08. The Hall–Kier alpha value is -1.36. The monoisotopic (exact) mass is 194 g/mol. The second kappa shape index (κ2) is 3.79. The highest BCUT2D eigenvalue weighted by atomic mass is 16.5. The second-order valence-corrected chi connectivity index (χ2v) is 3.47. The first-order valence-electron chi connectivity index (χ1n) is 4.74. The van der Waals surface area contributed by atoms with Crippen molar-refractivity contribution >= 4 is 11.5 Å². The summed E-state index contributed by atoms with van der Waals surface area (Å²) < 4.78 is 5.47. The molecule has 0 bridgehead atoms. The zero-order valence-electron chi connectivity index (χ0n) is 7.94. The van der Waals surface area contributed by atoms with Gasteiger partial charge in [0, 0.05) is 13.0 Å². The minimum absolute atomic E-state index is 0.248. The van der Waals surface area contributed by atoms with Gasteiger partial charge in [0.1, 0.15) is 11.6 Å². The van der Waals surface area contributed by atoms with Crippen LogP contribution in [0, 0.1) is 0 Å². The van der Waals surface area contributed by atoms with E-state index in [0.29, 0.717) is 17.3 Å². The molecule has 0 amide bonds. The minimum atomic E-state index is 0.248. The third-order valence-electron chi connectivity index (χ3n) is 2.33. The Labute approximate surface area is 82.5 Å². The van der Waals surface area contributed by atoms with Crippen molar-refractivity contribution in [1.29, 1.82) is 0 Å². The minimum Gasteiger partial charge on any atom is -0.394 e. The van der Waals surface area contributed by atoms with Crippen LogP contribution in [0.4, 0.5) is 11.5 Å². The van der Waals surface area contributed by atoms with Gasteiger partial charge in [0.2, 0.25) is 0 Å². The third-order valence-corrected chi connectivity index (χ3v) is 2.33. The van der Waals surface area contributed by atoms with Crippen LogP contribution in [-0.2, 0) is 11.2 Å². The number of hydrogen-bond donors (Lipinski definition) is 2. The van der Waals surface area contributed by atoms with Gasteiger partial charge in [-0.3, -0.25) is 0 Å². The SMILES string of the molecule is Nc1cnc(CC2CCCO2)nc1N. The molecule has 1 aliphatic heterocycles. The Kier molecular flexibility index (Phi) is 2.49. The molecule has 1 aromatic rings. The summed E-state index contributed by atoms with van der Waals surface area (Å²) in [4.78, 5) is 8.20. The second-order valence-electron chi connectivity index (χ2n) is 3.47. The van der Waals surface area contributed by atoms with E-state index < -0.39 is 0 Å². The Morgan fingerprint density at radius 1 is 1.50 bits per heavy atom. The van der Waals surface area contributed by atoms with Crippen molar-refractivity contribution in [2.45, 2.75) is 25.4 Å². The van der Waals surface area contributed by atoms with Gasteiger partial charge in [-0.15, -0.1) is 0 Å². The summed E-state index contributed by atoms with van der Waals surface area (Å²) in [7, 11) is 0. The summed E-state index contributed by atoms with van der Waals surface area (Å²) in [6, 6.07) is 0. The van der Waals surface area contributed by atoms with Crippen LogP contribution in [0.2, 0.25) is 0 Å². The summed E-state index contributed by atoms with van der Waals surface area (Å²) in [6.45, 7) is 0.842. The van der Waals surface area contributed by atoms with E-state index in [1.54, 1.807) is 6.20 Å². The predicted molar refractivity (Wildman–Crippen MR) is 53.5 cm³/mol. The topological polar surface area (TPSA) is 87.0 Å². The van der Waals surface area contributed by atoms with Crippen molar-refractivity contribution in [2.24, 2.45) is 0 Å². The van der Waals surface area contributed by atoms with E-state index >= 15 is 0 Å². The maximum Gasteiger partial charge on any atom is 0.150 e. The van der Waals surface area contributed by atoms with Crippen LogP contribution < -0.4 is 11.5 Å². The summed E-state index contributed by atoms with van der Waals surface area (Å²) in [5, 5.41) is 0. The molecule has 1 aromatic heterocycles. The van der Waals surface area contributed by atoms with Crippen molar-refractivity contribution in [3.63, 3.8) is 0 Å². The molecule has 1 atom stereocenters. The number of aromatic nitrogens is 2. The molecule has 4 N–H and O–H groups in total. The highest BCUT2D eigenvalue weighted by Gasteiger charge is 2.17. The molecule has 0 aromatic carbocycles. The van der Waals surface area contributed by atoms with Crippen molar-refractivity contribution in [1.82, 2.24) is 9.97 Å². The molecule has 5 heteroatoms. The Morgan fingerprint density at radius 3 is 3.00 bits per heavy atom. The smallest absolute Gasteiger partial charge is 0.150 e. The number of ether oxygens (including phenoxy) is 1. The van der Waals surface area contributed by atoms with E-state index in [0.717, 1.165) is 25.9 Å². The quantitative estimate of drug-likeness (QED) is 0.710. The molecule has 14 heavy (non-hydrogen) atoms. The summed E-state index contributed by atoms with van der Waals surface area (Å²) in [5.41, 5.74) is 11.5. The van der Waals surface area contributed by atoms with E-state index in [4.69, 9.17) is 16.2 Å². The van der Waals surface area contributed by atoms with E-state index in [-0.39, 0.29) is 6.10 Å². The van der Waals surface area contributed by atoms with E-state index in [9.17, 15) is 0 Å². The van der Waals surface area contributed by atoms with Gasteiger partial charge in [0.05, 0.1) is 18.0 Å². The normalized spacial score (nSPS) is 21.3.